The Labute approximate surface area is 142 Å². The molecular weight excluding hydrogens is 330 g/mol. The average molecular weight is 345 g/mol. The molecule has 118 valence electrons. The first-order valence-corrected chi connectivity index (χ1v) is 8.97. The molecule has 1 amide bonds. The zero-order valence-corrected chi connectivity index (χ0v) is 14.3. The highest BCUT2D eigenvalue weighted by Crippen LogP contribution is 2.24. The first-order valence-electron chi connectivity index (χ1n) is 6.87. The van der Waals surface area contributed by atoms with Crippen LogP contribution < -0.4 is 10.0 Å². The normalized spacial score (nSPS) is 10.5. The van der Waals surface area contributed by atoms with E-state index in [-0.39, 0.29) is 5.91 Å². The van der Waals surface area contributed by atoms with Gasteiger partial charge in [-0.2, -0.15) is 0 Å². The van der Waals surface area contributed by atoms with Gasteiger partial charge in [-0.3, -0.25) is 4.79 Å². The number of hydrogen-bond donors (Lipinski definition) is 2. The Balaban J connectivity index is 1.74. The minimum Gasteiger partial charge on any atom is -0.462 e. The zero-order chi connectivity index (χ0) is 16.2. The Morgan fingerprint density at radius 1 is 1.30 bits per heavy atom. The van der Waals surface area contributed by atoms with Crippen molar-refractivity contribution in [3.63, 3.8) is 0 Å². The summed E-state index contributed by atoms with van der Waals surface area (Å²) in [5.41, 5.74) is 2.87. The first kappa shape index (κ1) is 15.6. The van der Waals surface area contributed by atoms with Crippen LogP contribution in [0.4, 0.5) is 11.4 Å². The Bertz CT molecular complexity index is 826. The van der Waals surface area contributed by atoms with Gasteiger partial charge in [0.1, 0.15) is 12.0 Å². The molecule has 0 radical (unpaired) electrons. The third-order valence-corrected chi connectivity index (χ3v) is 4.29. The number of hydrogen-bond acceptors (Lipinski definition) is 6. The minimum atomic E-state index is -0.215. The second kappa shape index (κ2) is 6.89. The van der Waals surface area contributed by atoms with Gasteiger partial charge in [0.05, 0.1) is 10.6 Å². The second-order valence-corrected chi connectivity index (χ2v) is 6.47. The molecule has 7 heteroatoms. The Kier molecular flexibility index (Phi) is 4.68. The van der Waals surface area contributed by atoms with Crippen molar-refractivity contribution in [2.24, 2.45) is 0 Å². The molecule has 2 aromatic heterocycles. The summed E-state index contributed by atoms with van der Waals surface area (Å²) in [7, 11) is 0. The number of aromatic nitrogens is 1. The number of amides is 1. The lowest BCUT2D eigenvalue weighted by Crippen LogP contribution is -2.10. The number of aryl methyl sites for hydroxylation is 1. The summed E-state index contributed by atoms with van der Waals surface area (Å²) >= 11 is 3.04. The average Bonchev–Trinajstić information content (AvgIpc) is 3.16. The molecule has 0 bridgehead atoms. The fraction of sp³-hybridized carbons (Fsp3) is 0.125. The van der Waals surface area contributed by atoms with E-state index in [2.05, 4.69) is 15.0 Å². The summed E-state index contributed by atoms with van der Waals surface area (Å²) in [5, 5.41) is 5.73. The molecule has 23 heavy (non-hydrogen) atoms. The van der Waals surface area contributed by atoms with Gasteiger partial charge in [0.2, 0.25) is 0 Å². The van der Waals surface area contributed by atoms with Crippen LogP contribution >= 0.6 is 23.3 Å². The summed E-state index contributed by atoms with van der Waals surface area (Å²) in [6.07, 6.45) is 3.39. The van der Waals surface area contributed by atoms with Crippen molar-refractivity contribution >= 4 is 40.6 Å². The largest absolute Gasteiger partial charge is 0.462 e. The quantitative estimate of drug-likeness (QED) is 0.659. The van der Waals surface area contributed by atoms with Gasteiger partial charge in [0.15, 0.2) is 5.76 Å². The predicted molar refractivity (Wildman–Crippen MR) is 96.1 cm³/mol. The van der Waals surface area contributed by atoms with Crippen LogP contribution in [-0.4, -0.2) is 17.1 Å². The summed E-state index contributed by atoms with van der Waals surface area (Å²) in [6.45, 7) is 1.93. The van der Waals surface area contributed by atoms with E-state index >= 15 is 0 Å². The summed E-state index contributed by atoms with van der Waals surface area (Å²) in [6, 6.07) is 9.24. The van der Waals surface area contributed by atoms with E-state index in [0.717, 1.165) is 22.1 Å². The number of carbonyl (C=O) groups excluding carboxylic acids is 1. The van der Waals surface area contributed by atoms with Crippen molar-refractivity contribution in [2.75, 3.05) is 16.3 Å². The number of rotatable bonds is 5. The Morgan fingerprint density at radius 3 is 2.87 bits per heavy atom. The van der Waals surface area contributed by atoms with E-state index < -0.39 is 0 Å². The fourth-order valence-electron chi connectivity index (χ4n) is 2.05. The second-order valence-electron chi connectivity index (χ2n) is 4.79. The standard InChI is InChI=1S/C16H15N3O2S2/c1-10-17-14(9-23-10)15-6-11(8-21-15)16(20)18-12-4-3-5-13(7-12)19-22-2/h3-9,19H,1-2H3,(H,18,20). The predicted octanol–water partition coefficient (Wildman–Crippen LogP) is 4.65. The maximum atomic E-state index is 12.3. The molecule has 5 nitrogen and oxygen atoms in total. The Hall–Kier alpha value is -2.25. The van der Waals surface area contributed by atoms with Crippen molar-refractivity contribution in [1.82, 2.24) is 4.98 Å². The van der Waals surface area contributed by atoms with Crippen molar-refractivity contribution in [1.29, 1.82) is 0 Å². The molecule has 3 aromatic rings. The lowest BCUT2D eigenvalue weighted by Gasteiger charge is -2.06. The summed E-state index contributed by atoms with van der Waals surface area (Å²) in [5.74, 6) is 0.380. The molecule has 0 saturated heterocycles. The lowest BCUT2D eigenvalue weighted by molar-refractivity contribution is 0.102. The first-order chi connectivity index (χ1) is 11.2. The van der Waals surface area contributed by atoms with E-state index in [1.54, 1.807) is 17.4 Å². The van der Waals surface area contributed by atoms with Gasteiger partial charge in [0, 0.05) is 23.0 Å². The minimum absolute atomic E-state index is 0.215. The molecule has 0 saturated carbocycles. The van der Waals surface area contributed by atoms with Crippen molar-refractivity contribution in [2.45, 2.75) is 6.92 Å². The van der Waals surface area contributed by atoms with Gasteiger partial charge in [-0.25, -0.2) is 4.98 Å². The molecule has 0 aliphatic rings. The molecule has 2 heterocycles. The van der Waals surface area contributed by atoms with Crippen LogP contribution in [0.1, 0.15) is 15.4 Å². The topological polar surface area (TPSA) is 67.2 Å². The van der Waals surface area contributed by atoms with Crippen LogP contribution in [0, 0.1) is 6.92 Å². The molecule has 3 rings (SSSR count). The number of benzene rings is 1. The van der Waals surface area contributed by atoms with Crippen LogP contribution in [0.25, 0.3) is 11.5 Å². The van der Waals surface area contributed by atoms with Gasteiger partial charge < -0.3 is 14.5 Å². The smallest absolute Gasteiger partial charge is 0.258 e. The number of nitrogens with one attached hydrogen (secondary N) is 2. The SMILES string of the molecule is CSNc1cccc(NC(=O)c2coc(-c3csc(C)n3)c2)c1. The number of thiazole rings is 1. The van der Waals surface area contributed by atoms with Crippen molar-refractivity contribution in [3.05, 3.63) is 52.5 Å². The highest BCUT2D eigenvalue weighted by atomic mass is 32.2. The number of furan rings is 1. The van der Waals surface area contributed by atoms with Crippen molar-refractivity contribution < 1.29 is 9.21 Å². The van der Waals surface area contributed by atoms with Gasteiger partial charge in [-0.15, -0.1) is 11.3 Å². The fourth-order valence-corrected chi connectivity index (χ4v) is 3.01. The highest BCUT2D eigenvalue weighted by molar-refractivity contribution is 7.99. The number of anilines is 2. The molecular formula is C16H15N3O2S2. The third-order valence-electron chi connectivity index (χ3n) is 3.07. The molecule has 1 aromatic carbocycles. The molecule has 0 spiro atoms. The van der Waals surface area contributed by atoms with Crippen LogP contribution in [0.5, 0.6) is 0 Å². The van der Waals surface area contributed by atoms with E-state index in [0.29, 0.717) is 11.3 Å². The van der Waals surface area contributed by atoms with Crippen molar-refractivity contribution in [3.8, 4) is 11.5 Å². The lowest BCUT2D eigenvalue weighted by atomic mass is 10.2. The van der Waals surface area contributed by atoms with Gasteiger partial charge >= 0.3 is 0 Å². The van der Waals surface area contributed by atoms with E-state index in [1.165, 1.54) is 18.2 Å². The van der Waals surface area contributed by atoms with E-state index in [4.69, 9.17) is 4.42 Å². The molecule has 0 unspecified atom stereocenters. The molecule has 2 N–H and O–H groups in total. The summed E-state index contributed by atoms with van der Waals surface area (Å²) in [4.78, 5) is 16.7. The molecule has 0 atom stereocenters. The molecule has 0 aliphatic heterocycles. The molecule has 0 aliphatic carbocycles. The van der Waals surface area contributed by atoms with Gasteiger partial charge in [-0.05, 0) is 31.2 Å². The van der Waals surface area contributed by atoms with Crippen LogP contribution in [0.15, 0.2) is 46.4 Å². The van der Waals surface area contributed by atoms with E-state index in [9.17, 15) is 4.79 Å². The van der Waals surface area contributed by atoms with Gasteiger partial charge in [0.25, 0.3) is 5.91 Å². The highest BCUT2D eigenvalue weighted by Gasteiger charge is 2.13. The third kappa shape index (κ3) is 3.75. The van der Waals surface area contributed by atoms with Crippen LogP contribution in [0.3, 0.4) is 0 Å². The number of carbonyl (C=O) groups is 1. The van der Waals surface area contributed by atoms with Gasteiger partial charge in [-0.1, -0.05) is 18.0 Å². The Morgan fingerprint density at radius 2 is 2.13 bits per heavy atom. The van der Waals surface area contributed by atoms with Crippen LogP contribution in [0.2, 0.25) is 0 Å². The van der Waals surface area contributed by atoms with Crippen LogP contribution in [-0.2, 0) is 0 Å². The zero-order valence-electron chi connectivity index (χ0n) is 12.6. The summed E-state index contributed by atoms with van der Waals surface area (Å²) < 4.78 is 8.58. The van der Waals surface area contributed by atoms with E-state index in [1.807, 2.05) is 42.8 Å². The maximum Gasteiger partial charge on any atom is 0.258 e. The monoisotopic (exact) mass is 345 g/mol. The number of nitrogens with zero attached hydrogens (tertiary/aromatic N) is 1. The molecule has 0 fully saturated rings. The maximum absolute atomic E-state index is 12.3.